The van der Waals surface area contributed by atoms with Crippen LogP contribution in [-0.2, 0) is 12.8 Å². The van der Waals surface area contributed by atoms with E-state index in [0.717, 1.165) is 29.1 Å². The number of aromatic nitrogens is 1. The number of rotatable bonds is 4. The number of hydrogen-bond donors (Lipinski definition) is 0. The standard InChI is InChI=1S/C15H18FNS/c1-4-14-17-13(9-10(2)3)15(18-14)11-5-7-12(16)8-6-11/h5-8,10H,4,9H2,1-3H3. The van der Waals surface area contributed by atoms with Crippen LogP contribution in [0.4, 0.5) is 4.39 Å². The lowest BCUT2D eigenvalue weighted by molar-refractivity contribution is 0.627. The van der Waals surface area contributed by atoms with Crippen LogP contribution in [0.1, 0.15) is 31.5 Å². The van der Waals surface area contributed by atoms with E-state index in [9.17, 15) is 4.39 Å². The maximum absolute atomic E-state index is 13.0. The Morgan fingerprint density at radius 2 is 1.89 bits per heavy atom. The Hall–Kier alpha value is -1.22. The van der Waals surface area contributed by atoms with Crippen LogP contribution >= 0.6 is 11.3 Å². The third-order valence-corrected chi connectivity index (χ3v) is 4.04. The summed E-state index contributed by atoms with van der Waals surface area (Å²) in [6, 6.07) is 6.71. The number of halogens is 1. The molecule has 0 spiro atoms. The molecule has 0 radical (unpaired) electrons. The topological polar surface area (TPSA) is 12.9 Å². The molecule has 0 aliphatic rings. The first-order valence-electron chi connectivity index (χ1n) is 6.34. The lowest BCUT2D eigenvalue weighted by Crippen LogP contribution is -1.96. The molecule has 0 N–H and O–H groups in total. The van der Waals surface area contributed by atoms with Gasteiger partial charge in [-0.2, -0.15) is 0 Å². The second kappa shape index (κ2) is 5.61. The van der Waals surface area contributed by atoms with Crippen molar-refractivity contribution in [1.29, 1.82) is 0 Å². The van der Waals surface area contributed by atoms with Gasteiger partial charge < -0.3 is 0 Å². The van der Waals surface area contributed by atoms with Gasteiger partial charge in [0.15, 0.2) is 0 Å². The van der Waals surface area contributed by atoms with Gasteiger partial charge in [0.1, 0.15) is 5.82 Å². The van der Waals surface area contributed by atoms with Crippen molar-refractivity contribution in [3.05, 3.63) is 40.8 Å². The predicted octanol–water partition coefficient (Wildman–Crippen LogP) is 4.71. The largest absolute Gasteiger partial charge is 0.246 e. The second-order valence-corrected chi connectivity index (χ2v) is 5.93. The quantitative estimate of drug-likeness (QED) is 0.778. The van der Waals surface area contributed by atoms with Crippen molar-refractivity contribution in [2.75, 3.05) is 0 Å². The molecular weight excluding hydrogens is 245 g/mol. The number of benzene rings is 1. The molecule has 0 amide bonds. The van der Waals surface area contributed by atoms with Crippen molar-refractivity contribution < 1.29 is 4.39 Å². The zero-order valence-corrected chi connectivity index (χ0v) is 11.9. The molecule has 2 aromatic rings. The summed E-state index contributed by atoms with van der Waals surface area (Å²) in [5, 5.41) is 1.16. The SMILES string of the molecule is CCc1nc(CC(C)C)c(-c2ccc(F)cc2)s1. The van der Waals surface area contributed by atoms with Crippen LogP contribution < -0.4 is 0 Å². The highest BCUT2D eigenvalue weighted by Crippen LogP contribution is 2.32. The van der Waals surface area contributed by atoms with Gasteiger partial charge in [-0.25, -0.2) is 9.37 Å². The number of nitrogens with zero attached hydrogens (tertiary/aromatic N) is 1. The first-order chi connectivity index (χ1) is 8.60. The fourth-order valence-electron chi connectivity index (χ4n) is 1.90. The van der Waals surface area contributed by atoms with Gasteiger partial charge in [-0.1, -0.05) is 32.9 Å². The summed E-state index contributed by atoms with van der Waals surface area (Å²) in [6.45, 7) is 6.51. The molecule has 1 nitrogen and oxygen atoms in total. The molecule has 1 heterocycles. The Morgan fingerprint density at radius 1 is 1.22 bits per heavy atom. The molecule has 0 aliphatic heterocycles. The zero-order valence-electron chi connectivity index (χ0n) is 11.0. The Balaban J connectivity index is 2.41. The monoisotopic (exact) mass is 263 g/mol. The van der Waals surface area contributed by atoms with Gasteiger partial charge in [0, 0.05) is 0 Å². The maximum atomic E-state index is 13.0. The van der Waals surface area contributed by atoms with E-state index in [2.05, 4.69) is 20.8 Å². The van der Waals surface area contributed by atoms with E-state index < -0.39 is 0 Å². The minimum absolute atomic E-state index is 0.190. The van der Waals surface area contributed by atoms with Crippen LogP contribution in [0.3, 0.4) is 0 Å². The third-order valence-electron chi connectivity index (χ3n) is 2.75. The van der Waals surface area contributed by atoms with Crippen LogP contribution in [0.15, 0.2) is 24.3 Å². The molecule has 0 fully saturated rings. The summed E-state index contributed by atoms with van der Waals surface area (Å²) in [5.74, 6) is 0.389. The van der Waals surface area contributed by atoms with Gasteiger partial charge >= 0.3 is 0 Å². The molecule has 0 bridgehead atoms. The molecule has 1 aromatic carbocycles. The van der Waals surface area contributed by atoms with Crippen LogP contribution in [0, 0.1) is 11.7 Å². The molecule has 1 aromatic heterocycles. The van der Waals surface area contributed by atoms with Gasteiger partial charge in [-0.05, 0) is 36.5 Å². The van der Waals surface area contributed by atoms with Crippen molar-refractivity contribution in [3.63, 3.8) is 0 Å². The summed E-state index contributed by atoms with van der Waals surface area (Å²) in [6.07, 6.45) is 1.93. The predicted molar refractivity (Wildman–Crippen MR) is 75.4 cm³/mol. The molecule has 3 heteroatoms. The van der Waals surface area contributed by atoms with Crippen molar-refractivity contribution >= 4 is 11.3 Å². The zero-order chi connectivity index (χ0) is 13.1. The fourth-order valence-corrected chi connectivity index (χ4v) is 2.94. The molecule has 0 saturated carbocycles. The molecule has 2 rings (SSSR count). The first kappa shape index (κ1) is 13.2. The minimum Gasteiger partial charge on any atom is -0.246 e. The van der Waals surface area contributed by atoms with Gasteiger partial charge in [0.25, 0.3) is 0 Å². The molecule has 0 saturated heterocycles. The lowest BCUT2D eigenvalue weighted by atomic mass is 10.0. The summed E-state index contributed by atoms with van der Waals surface area (Å²) < 4.78 is 13.0. The number of aryl methyl sites for hydroxylation is 1. The van der Waals surface area contributed by atoms with E-state index in [0.29, 0.717) is 5.92 Å². The Kier molecular flexibility index (Phi) is 4.12. The van der Waals surface area contributed by atoms with E-state index in [1.165, 1.54) is 17.0 Å². The maximum Gasteiger partial charge on any atom is 0.123 e. The second-order valence-electron chi connectivity index (χ2n) is 4.84. The Bertz CT molecular complexity index is 514. The Labute approximate surface area is 112 Å². The fraction of sp³-hybridized carbons (Fsp3) is 0.400. The number of hydrogen-bond acceptors (Lipinski definition) is 2. The van der Waals surface area contributed by atoms with Crippen molar-refractivity contribution in [2.45, 2.75) is 33.6 Å². The molecular formula is C15H18FNS. The average molecular weight is 263 g/mol. The van der Waals surface area contributed by atoms with Gasteiger partial charge in [-0.3, -0.25) is 0 Å². The highest BCUT2D eigenvalue weighted by Gasteiger charge is 2.13. The van der Waals surface area contributed by atoms with E-state index in [1.54, 1.807) is 11.3 Å². The smallest absolute Gasteiger partial charge is 0.123 e. The summed E-state index contributed by atoms with van der Waals surface area (Å²) in [5.41, 5.74) is 2.22. The summed E-state index contributed by atoms with van der Waals surface area (Å²) in [7, 11) is 0. The molecule has 18 heavy (non-hydrogen) atoms. The molecule has 0 atom stereocenters. The highest BCUT2D eigenvalue weighted by molar-refractivity contribution is 7.15. The third kappa shape index (κ3) is 2.96. The van der Waals surface area contributed by atoms with Crippen LogP contribution in [0.25, 0.3) is 10.4 Å². The van der Waals surface area contributed by atoms with Crippen LogP contribution in [0.2, 0.25) is 0 Å². The molecule has 96 valence electrons. The average Bonchev–Trinajstić information content (AvgIpc) is 2.72. The van der Waals surface area contributed by atoms with E-state index in [1.807, 2.05) is 12.1 Å². The van der Waals surface area contributed by atoms with E-state index in [-0.39, 0.29) is 5.82 Å². The first-order valence-corrected chi connectivity index (χ1v) is 7.16. The van der Waals surface area contributed by atoms with Crippen LogP contribution in [-0.4, -0.2) is 4.98 Å². The molecule has 0 aliphatic carbocycles. The van der Waals surface area contributed by atoms with Crippen molar-refractivity contribution in [1.82, 2.24) is 4.98 Å². The normalized spacial score (nSPS) is 11.2. The highest BCUT2D eigenvalue weighted by atomic mass is 32.1. The number of thiazole rings is 1. The van der Waals surface area contributed by atoms with Crippen molar-refractivity contribution in [2.24, 2.45) is 5.92 Å². The van der Waals surface area contributed by atoms with E-state index >= 15 is 0 Å². The Morgan fingerprint density at radius 3 is 2.44 bits per heavy atom. The minimum atomic E-state index is -0.190. The molecule has 0 unspecified atom stereocenters. The summed E-state index contributed by atoms with van der Waals surface area (Å²) in [4.78, 5) is 5.89. The van der Waals surface area contributed by atoms with Crippen LogP contribution in [0.5, 0.6) is 0 Å². The van der Waals surface area contributed by atoms with Gasteiger partial charge in [0.05, 0.1) is 15.6 Å². The van der Waals surface area contributed by atoms with Crippen molar-refractivity contribution in [3.8, 4) is 10.4 Å². The summed E-state index contributed by atoms with van der Waals surface area (Å²) >= 11 is 1.73. The van der Waals surface area contributed by atoms with Gasteiger partial charge in [0.2, 0.25) is 0 Å². The van der Waals surface area contributed by atoms with E-state index in [4.69, 9.17) is 4.98 Å². The lowest BCUT2D eigenvalue weighted by Gasteiger charge is -2.05. The van der Waals surface area contributed by atoms with Gasteiger partial charge in [-0.15, -0.1) is 11.3 Å².